The Hall–Kier alpha value is -1.81. The molecule has 0 amide bonds. The number of hydrogen-bond donors (Lipinski definition) is 1. The number of nitrogens with zero attached hydrogens (tertiary/aromatic N) is 2. The van der Waals surface area contributed by atoms with Crippen LogP contribution in [0.4, 0.5) is 5.69 Å². The summed E-state index contributed by atoms with van der Waals surface area (Å²) in [5.74, 6) is 0.724. The topological polar surface area (TPSA) is 47.0 Å². The molecule has 0 unspecified atom stereocenters. The van der Waals surface area contributed by atoms with Crippen molar-refractivity contribution in [1.29, 1.82) is 0 Å². The lowest BCUT2D eigenvalue weighted by Crippen LogP contribution is -2.14. The molecule has 1 aliphatic rings. The summed E-state index contributed by atoms with van der Waals surface area (Å²) in [7, 11) is 0. The van der Waals surface area contributed by atoms with E-state index in [1.165, 1.54) is 12.8 Å². The number of rotatable bonds is 5. The van der Waals surface area contributed by atoms with Gasteiger partial charge < -0.3 is 10.1 Å². The molecule has 110 valence electrons. The highest BCUT2D eigenvalue weighted by molar-refractivity contribution is 6.33. The molecule has 0 aliphatic heterocycles. The number of anilines is 1. The summed E-state index contributed by atoms with van der Waals surface area (Å²) in [6.45, 7) is 0.625. The number of nitrogens with one attached hydrogen (secondary N) is 1. The minimum Gasteiger partial charge on any atom is -0.474 e. The summed E-state index contributed by atoms with van der Waals surface area (Å²) >= 11 is 6.10. The van der Waals surface area contributed by atoms with E-state index < -0.39 is 0 Å². The lowest BCUT2D eigenvalue weighted by Gasteiger charge is -2.16. The molecule has 0 spiro atoms. The van der Waals surface area contributed by atoms with E-state index in [4.69, 9.17) is 16.3 Å². The van der Waals surface area contributed by atoms with Crippen LogP contribution in [0, 0.1) is 0 Å². The van der Waals surface area contributed by atoms with Crippen molar-refractivity contribution < 1.29 is 4.74 Å². The van der Waals surface area contributed by atoms with Crippen molar-refractivity contribution in [2.75, 3.05) is 5.32 Å². The zero-order valence-electron chi connectivity index (χ0n) is 11.8. The van der Waals surface area contributed by atoms with Gasteiger partial charge in [-0.15, -0.1) is 0 Å². The minimum atomic E-state index is 0.308. The van der Waals surface area contributed by atoms with Crippen molar-refractivity contribution in [3.63, 3.8) is 0 Å². The number of ether oxygens (including phenoxy) is 1. The Bertz CT molecular complexity index is 600. The van der Waals surface area contributed by atoms with Gasteiger partial charge >= 0.3 is 0 Å². The Labute approximate surface area is 129 Å². The van der Waals surface area contributed by atoms with Gasteiger partial charge in [-0.25, -0.2) is 4.98 Å². The highest BCUT2D eigenvalue weighted by atomic mass is 35.5. The average molecular weight is 304 g/mol. The molecule has 0 radical (unpaired) electrons. The zero-order chi connectivity index (χ0) is 14.5. The predicted molar refractivity (Wildman–Crippen MR) is 83.7 cm³/mol. The predicted octanol–water partition coefficient (Wildman–Crippen LogP) is 4.06. The molecule has 4 nitrogen and oxygen atoms in total. The van der Waals surface area contributed by atoms with Crippen LogP contribution >= 0.6 is 11.6 Å². The molecule has 0 bridgehead atoms. The van der Waals surface area contributed by atoms with Gasteiger partial charge in [0.15, 0.2) is 0 Å². The highest BCUT2D eigenvalue weighted by Crippen LogP contribution is 2.26. The van der Waals surface area contributed by atoms with Crippen LogP contribution in [-0.4, -0.2) is 16.1 Å². The molecule has 0 atom stereocenters. The minimum absolute atomic E-state index is 0.308. The van der Waals surface area contributed by atoms with E-state index in [0.29, 0.717) is 17.7 Å². The van der Waals surface area contributed by atoms with Crippen LogP contribution in [0.2, 0.25) is 5.02 Å². The van der Waals surface area contributed by atoms with Crippen molar-refractivity contribution >= 4 is 17.3 Å². The maximum atomic E-state index is 6.10. The molecule has 2 aromatic rings. The van der Waals surface area contributed by atoms with Crippen molar-refractivity contribution in [1.82, 2.24) is 9.97 Å². The molecule has 2 aromatic heterocycles. The number of pyridine rings is 2. The van der Waals surface area contributed by atoms with E-state index >= 15 is 0 Å². The van der Waals surface area contributed by atoms with Crippen LogP contribution in [0.1, 0.15) is 31.2 Å². The lowest BCUT2D eigenvalue weighted by atomic mass is 10.2. The van der Waals surface area contributed by atoms with Crippen LogP contribution in [-0.2, 0) is 6.54 Å². The third kappa shape index (κ3) is 3.64. The molecule has 1 fully saturated rings. The Morgan fingerprint density at radius 1 is 1.24 bits per heavy atom. The second-order valence-corrected chi connectivity index (χ2v) is 5.61. The summed E-state index contributed by atoms with van der Waals surface area (Å²) in [5, 5.41) is 3.91. The first-order valence-corrected chi connectivity index (χ1v) is 7.64. The maximum absolute atomic E-state index is 6.10. The lowest BCUT2D eigenvalue weighted by molar-refractivity contribution is 0.199. The van der Waals surface area contributed by atoms with Crippen LogP contribution in [0.25, 0.3) is 0 Å². The Morgan fingerprint density at radius 3 is 2.90 bits per heavy atom. The van der Waals surface area contributed by atoms with Gasteiger partial charge in [0.05, 0.1) is 10.7 Å². The van der Waals surface area contributed by atoms with Gasteiger partial charge in [-0.1, -0.05) is 17.7 Å². The fourth-order valence-corrected chi connectivity index (χ4v) is 2.72. The molecule has 1 aliphatic carbocycles. The fourth-order valence-electron chi connectivity index (χ4n) is 2.54. The molecular weight excluding hydrogens is 286 g/mol. The zero-order valence-corrected chi connectivity index (χ0v) is 12.5. The van der Waals surface area contributed by atoms with Crippen molar-refractivity contribution in [2.45, 2.75) is 38.3 Å². The summed E-state index contributed by atoms with van der Waals surface area (Å²) < 4.78 is 6.03. The Balaban J connectivity index is 1.68. The van der Waals surface area contributed by atoms with E-state index in [9.17, 15) is 0 Å². The number of aromatic nitrogens is 2. The normalized spacial score (nSPS) is 15.1. The molecule has 3 rings (SSSR count). The molecule has 2 heterocycles. The Morgan fingerprint density at radius 2 is 2.10 bits per heavy atom. The van der Waals surface area contributed by atoms with Gasteiger partial charge in [-0.05, 0) is 37.8 Å². The second kappa shape index (κ2) is 6.76. The first kappa shape index (κ1) is 14.1. The molecule has 1 saturated carbocycles. The molecule has 1 N–H and O–H groups in total. The van der Waals surface area contributed by atoms with E-state index in [-0.39, 0.29) is 0 Å². The van der Waals surface area contributed by atoms with Gasteiger partial charge in [0.2, 0.25) is 5.88 Å². The van der Waals surface area contributed by atoms with Gasteiger partial charge in [-0.3, -0.25) is 4.98 Å². The Kier molecular flexibility index (Phi) is 4.55. The van der Waals surface area contributed by atoms with E-state index in [0.717, 1.165) is 30.0 Å². The monoisotopic (exact) mass is 303 g/mol. The van der Waals surface area contributed by atoms with E-state index in [1.54, 1.807) is 18.6 Å². The van der Waals surface area contributed by atoms with Crippen molar-refractivity contribution in [3.8, 4) is 5.88 Å². The SMILES string of the molecule is Clc1cnccc1NCc1cccnc1OC1CCCC1. The van der Waals surface area contributed by atoms with Gasteiger partial charge in [0.1, 0.15) is 6.10 Å². The number of halogens is 1. The van der Waals surface area contributed by atoms with Gasteiger partial charge in [0, 0.05) is 30.7 Å². The van der Waals surface area contributed by atoms with Crippen molar-refractivity contribution in [2.24, 2.45) is 0 Å². The standard InChI is InChI=1S/C16H18ClN3O/c17-14-11-18-9-7-15(14)20-10-12-4-3-8-19-16(12)21-13-5-1-2-6-13/h3-4,7-9,11,13H,1-2,5-6,10H2,(H,18,20). The number of hydrogen-bond acceptors (Lipinski definition) is 4. The average Bonchev–Trinajstić information content (AvgIpc) is 3.01. The summed E-state index contributed by atoms with van der Waals surface area (Å²) in [5.41, 5.74) is 1.90. The van der Waals surface area contributed by atoms with Gasteiger partial charge in [-0.2, -0.15) is 0 Å². The van der Waals surface area contributed by atoms with Gasteiger partial charge in [0.25, 0.3) is 0 Å². The molecule has 21 heavy (non-hydrogen) atoms. The molecule has 0 saturated heterocycles. The maximum Gasteiger partial charge on any atom is 0.218 e. The molecule has 5 heteroatoms. The first-order chi connectivity index (χ1) is 10.3. The smallest absolute Gasteiger partial charge is 0.218 e. The highest BCUT2D eigenvalue weighted by Gasteiger charge is 2.18. The third-order valence-corrected chi connectivity index (χ3v) is 3.97. The summed E-state index contributed by atoms with van der Waals surface area (Å²) in [6.07, 6.45) is 10.2. The van der Waals surface area contributed by atoms with Crippen LogP contribution in [0.3, 0.4) is 0 Å². The summed E-state index contributed by atoms with van der Waals surface area (Å²) in [6, 6.07) is 5.81. The second-order valence-electron chi connectivity index (χ2n) is 5.20. The first-order valence-electron chi connectivity index (χ1n) is 7.27. The van der Waals surface area contributed by atoms with Crippen molar-refractivity contribution in [3.05, 3.63) is 47.4 Å². The largest absolute Gasteiger partial charge is 0.474 e. The fraction of sp³-hybridized carbons (Fsp3) is 0.375. The quantitative estimate of drug-likeness (QED) is 0.904. The summed E-state index contributed by atoms with van der Waals surface area (Å²) in [4.78, 5) is 8.35. The van der Waals surface area contributed by atoms with Crippen LogP contribution < -0.4 is 10.1 Å². The third-order valence-electron chi connectivity index (χ3n) is 3.67. The van der Waals surface area contributed by atoms with E-state index in [2.05, 4.69) is 15.3 Å². The van der Waals surface area contributed by atoms with Crippen LogP contribution in [0.5, 0.6) is 5.88 Å². The van der Waals surface area contributed by atoms with Crippen LogP contribution in [0.15, 0.2) is 36.8 Å². The molecular formula is C16H18ClN3O. The van der Waals surface area contributed by atoms with E-state index in [1.807, 2.05) is 18.2 Å². The molecule has 0 aromatic carbocycles.